The second kappa shape index (κ2) is 9.78. The van der Waals surface area contributed by atoms with E-state index in [1.54, 1.807) is 43.3 Å². The number of ketones is 1. The average Bonchev–Trinajstić information content (AvgIpc) is 2.67. The van der Waals surface area contributed by atoms with Crippen molar-refractivity contribution in [2.45, 2.75) is 13.5 Å². The molecule has 0 spiro atoms. The number of esters is 1. The molecule has 2 aromatic carbocycles. The van der Waals surface area contributed by atoms with Crippen LogP contribution < -0.4 is 5.32 Å². The number of hydrogen-bond donors (Lipinski definition) is 1. The summed E-state index contributed by atoms with van der Waals surface area (Å²) in [7, 11) is 0. The van der Waals surface area contributed by atoms with Gasteiger partial charge in [0, 0.05) is 0 Å². The zero-order valence-electron chi connectivity index (χ0n) is 14.3. The van der Waals surface area contributed by atoms with Crippen molar-refractivity contribution in [3.8, 4) is 0 Å². The summed E-state index contributed by atoms with van der Waals surface area (Å²) in [5, 5.41) is 2.32. The van der Waals surface area contributed by atoms with Crippen LogP contribution in [0.4, 0.5) is 4.79 Å². The highest BCUT2D eigenvalue weighted by atomic mass is 16.5. The average molecular weight is 353 g/mol. The van der Waals surface area contributed by atoms with Crippen molar-refractivity contribution in [1.82, 2.24) is 5.32 Å². The van der Waals surface area contributed by atoms with Crippen molar-refractivity contribution in [3.05, 3.63) is 77.5 Å². The minimum Gasteiger partial charge on any atom is -0.460 e. The van der Waals surface area contributed by atoms with E-state index in [9.17, 15) is 14.4 Å². The Morgan fingerprint density at radius 1 is 0.923 bits per heavy atom. The second-order valence-corrected chi connectivity index (χ2v) is 5.21. The van der Waals surface area contributed by atoms with Crippen LogP contribution in [0.15, 0.2) is 66.4 Å². The fraction of sp³-hybridized carbons (Fsp3) is 0.150. The highest BCUT2D eigenvalue weighted by molar-refractivity contribution is 6.41. The van der Waals surface area contributed by atoms with Crippen LogP contribution in [-0.2, 0) is 25.7 Å². The van der Waals surface area contributed by atoms with Crippen molar-refractivity contribution >= 4 is 23.9 Å². The van der Waals surface area contributed by atoms with Crippen molar-refractivity contribution in [3.63, 3.8) is 0 Å². The van der Waals surface area contributed by atoms with Crippen molar-refractivity contribution in [2.24, 2.45) is 0 Å². The predicted octanol–water partition coefficient (Wildman–Crippen LogP) is 3.09. The van der Waals surface area contributed by atoms with Crippen molar-refractivity contribution < 1.29 is 23.9 Å². The van der Waals surface area contributed by atoms with E-state index < -0.39 is 17.8 Å². The molecule has 0 heterocycles. The topological polar surface area (TPSA) is 81.7 Å². The molecule has 26 heavy (non-hydrogen) atoms. The first-order chi connectivity index (χ1) is 12.6. The maximum absolute atomic E-state index is 12.2. The van der Waals surface area contributed by atoms with Gasteiger partial charge in [-0.25, -0.2) is 9.59 Å². The maximum atomic E-state index is 12.2. The number of nitrogens with one attached hydrogen (secondary N) is 1. The van der Waals surface area contributed by atoms with Gasteiger partial charge in [-0.2, -0.15) is 0 Å². The Hall–Kier alpha value is -3.41. The van der Waals surface area contributed by atoms with E-state index in [2.05, 4.69) is 5.32 Å². The fourth-order valence-corrected chi connectivity index (χ4v) is 2.05. The van der Waals surface area contributed by atoms with Crippen molar-refractivity contribution in [2.75, 3.05) is 6.61 Å². The molecule has 0 aromatic heterocycles. The largest absolute Gasteiger partial charge is 0.460 e. The van der Waals surface area contributed by atoms with E-state index in [-0.39, 0.29) is 18.9 Å². The highest BCUT2D eigenvalue weighted by Crippen LogP contribution is 2.08. The first kappa shape index (κ1) is 18.9. The van der Waals surface area contributed by atoms with Gasteiger partial charge < -0.3 is 9.47 Å². The minimum atomic E-state index is -1.04. The number of carbonyl (C=O) groups excluding carboxylic acids is 3. The summed E-state index contributed by atoms with van der Waals surface area (Å²) in [4.78, 5) is 36.0. The number of Topliss-reactive ketones (excluding diaryl/α,β-unsaturated/α-hetero) is 1. The molecule has 6 heteroatoms. The Kier molecular flexibility index (Phi) is 7.12. The zero-order valence-corrected chi connectivity index (χ0v) is 14.3. The molecular formula is C20H19NO5. The monoisotopic (exact) mass is 353 g/mol. The Morgan fingerprint density at radius 2 is 1.54 bits per heavy atom. The summed E-state index contributed by atoms with van der Waals surface area (Å²) < 4.78 is 9.80. The molecule has 0 aliphatic carbocycles. The molecule has 0 fully saturated rings. The third-order valence-corrected chi connectivity index (χ3v) is 3.27. The van der Waals surface area contributed by atoms with Gasteiger partial charge in [0.15, 0.2) is 0 Å². The molecule has 0 saturated carbocycles. The molecule has 0 bridgehead atoms. The molecule has 134 valence electrons. The van der Waals surface area contributed by atoms with Gasteiger partial charge >= 0.3 is 12.1 Å². The first-order valence-electron chi connectivity index (χ1n) is 8.06. The van der Waals surface area contributed by atoms with Gasteiger partial charge in [0.2, 0.25) is 0 Å². The summed E-state index contributed by atoms with van der Waals surface area (Å²) in [5.41, 5.74) is 1.23. The predicted molar refractivity (Wildman–Crippen MR) is 95.8 cm³/mol. The van der Waals surface area contributed by atoms with E-state index >= 15 is 0 Å². The SMILES string of the molecule is CCOC(=O)C(=O)/C(=C/c1ccccc1)NC(=O)OCc1ccccc1. The van der Waals surface area contributed by atoms with E-state index in [4.69, 9.17) is 9.47 Å². The van der Waals surface area contributed by atoms with Crippen LogP contribution in [-0.4, -0.2) is 24.5 Å². The molecule has 2 rings (SSSR count). The molecule has 0 unspecified atom stereocenters. The number of alkyl carbamates (subject to hydrolysis) is 1. The third-order valence-electron chi connectivity index (χ3n) is 3.27. The van der Waals surface area contributed by atoms with Crippen LogP contribution in [0.1, 0.15) is 18.1 Å². The lowest BCUT2D eigenvalue weighted by Gasteiger charge is -2.10. The molecule has 1 amide bonds. The second-order valence-electron chi connectivity index (χ2n) is 5.21. The molecule has 0 aliphatic heterocycles. The van der Waals surface area contributed by atoms with E-state index in [1.807, 2.05) is 24.3 Å². The van der Waals surface area contributed by atoms with Gasteiger partial charge in [0.1, 0.15) is 6.61 Å². The fourth-order valence-electron chi connectivity index (χ4n) is 2.05. The third kappa shape index (κ3) is 5.90. The molecular weight excluding hydrogens is 334 g/mol. The maximum Gasteiger partial charge on any atom is 0.412 e. The molecule has 0 radical (unpaired) electrons. The summed E-state index contributed by atoms with van der Waals surface area (Å²) in [6.07, 6.45) is 0.553. The summed E-state index contributed by atoms with van der Waals surface area (Å²) in [5.74, 6) is -1.99. The van der Waals surface area contributed by atoms with Crippen LogP contribution in [0.5, 0.6) is 0 Å². The zero-order chi connectivity index (χ0) is 18.8. The number of carbonyl (C=O) groups is 3. The van der Waals surface area contributed by atoms with Crippen LogP contribution >= 0.6 is 0 Å². The number of amides is 1. The Bertz CT molecular complexity index is 784. The van der Waals surface area contributed by atoms with Crippen molar-refractivity contribution in [1.29, 1.82) is 0 Å². The van der Waals surface area contributed by atoms with E-state index in [0.29, 0.717) is 5.56 Å². The van der Waals surface area contributed by atoms with E-state index in [1.165, 1.54) is 6.08 Å². The summed E-state index contributed by atoms with van der Waals surface area (Å²) in [6, 6.07) is 17.9. The molecule has 6 nitrogen and oxygen atoms in total. The minimum absolute atomic E-state index is 0.0406. The molecule has 0 aliphatic rings. The van der Waals surface area contributed by atoms with Gasteiger partial charge in [-0.15, -0.1) is 0 Å². The number of benzene rings is 2. The summed E-state index contributed by atoms with van der Waals surface area (Å²) >= 11 is 0. The van der Waals surface area contributed by atoms with Gasteiger partial charge in [-0.3, -0.25) is 10.1 Å². The highest BCUT2D eigenvalue weighted by Gasteiger charge is 2.22. The van der Waals surface area contributed by atoms with Gasteiger partial charge in [-0.1, -0.05) is 60.7 Å². The van der Waals surface area contributed by atoms with Crippen LogP contribution in [0.25, 0.3) is 6.08 Å². The quantitative estimate of drug-likeness (QED) is 0.470. The van der Waals surface area contributed by atoms with Gasteiger partial charge in [-0.05, 0) is 24.1 Å². The molecule has 0 atom stereocenters. The number of ether oxygens (including phenoxy) is 2. The lowest BCUT2D eigenvalue weighted by atomic mass is 10.1. The van der Waals surface area contributed by atoms with Crippen LogP contribution in [0.2, 0.25) is 0 Å². The van der Waals surface area contributed by atoms with Gasteiger partial charge in [0.25, 0.3) is 5.78 Å². The first-order valence-corrected chi connectivity index (χ1v) is 8.06. The van der Waals surface area contributed by atoms with Gasteiger partial charge in [0.05, 0.1) is 12.3 Å². The lowest BCUT2D eigenvalue weighted by molar-refractivity contribution is -0.151. The Morgan fingerprint density at radius 3 is 2.15 bits per heavy atom. The Labute approximate surface area is 151 Å². The summed E-state index contributed by atoms with van der Waals surface area (Å²) in [6.45, 7) is 1.69. The molecule has 2 aromatic rings. The van der Waals surface area contributed by atoms with E-state index in [0.717, 1.165) is 5.56 Å². The normalized spacial score (nSPS) is 10.7. The lowest BCUT2D eigenvalue weighted by Crippen LogP contribution is -2.32. The van der Waals surface area contributed by atoms with Crippen LogP contribution in [0.3, 0.4) is 0 Å². The van der Waals surface area contributed by atoms with Crippen LogP contribution in [0, 0.1) is 0 Å². The Balaban J connectivity index is 2.10. The smallest absolute Gasteiger partial charge is 0.412 e. The number of rotatable bonds is 7. The molecule has 0 saturated heterocycles. The molecule has 1 N–H and O–H groups in total. The number of hydrogen-bond acceptors (Lipinski definition) is 5. The standard InChI is InChI=1S/C20H19NO5/c1-2-25-19(23)18(22)17(13-15-9-5-3-6-10-15)21-20(24)26-14-16-11-7-4-8-12-16/h3-13H,2,14H2,1H3,(H,21,24)/b17-13-.